The van der Waals surface area contributed by atoms with Crippen LogP contribution in [0.1, 0.15) is 30.7 Å². The monoisotopic (exact) mass is 311 g/mol. The molecule has 1 aromatic heterocycles. The van der Waals surface area contributed by atoms with Crippen LogP contribution in [0.4, 0.5) is 0 Å². The van der Waals surface area contributed by atoms with E-state index in [2.05, 4.69) is 4.98 Å². The normalized spacial score (nSPS) is 17.5. The highest BCUT2D eigenvalue weighted by molar-refractivity contribution is 5.79. The second-order valence-electron chi connectivity index (χ2n) is 6.38. The fourth-order valence-corrected chi connectivity index (χ4v) is 3.30. The van der Waals surface area contributed by atoms with Crippen molar-refractivity contribution in [3.05, 3.63) is 35.7 Å². The molecule has 0 radical (unpaired) electrons. The maximum absolute atomic E-state index is 12.4. The fraction of sp³-hybridized carbons (Fsp3) is 0.444. The molecule has 1 N–H and O–H groups in total. The molecule has 0 bridgehead atoms. The molecule has 1 aliphatic carbocycles. The quantitative estimate of drug-likeness (QED) is 0.948. The average molecular weight is 311 g/mol. The minimum absolute atomic E-state index is 0.261. The number of hydrogen-bond acceptors (Lipinski definition) is 3. The maximum atomic E-state index is 12.4. The SMILES string of the molecule is COc1cccc(-c2nc3c([nH]2)CN(C(=O)C2CCC2)CC3)c1. The van der Waals surface area contributed by atoms with Crippen LogP contribution in [0.2, 0.25) is 0 Å². The molecule has 2 aliphatic rings. The van der Waals surface area contributed by atoms with E-state index in [1.807, 2.05) is 29.2 Å². The molecular formula is C18H21N3O2. The van der Waals surface area contributed by atoms with Gasteiger partial charge >= 0.3 is 0 Å². The smallest absolute Gasteiger partial charge is 0.226 e. The summed E-state index contributed by atoms with van der Waals surface area (Å²) < 4.78 is 5.28. The molecule has 4 rings (SSSR count). The molecule has 0 spiro atoms. The Labute approximate surface area is 135 Å². The molecule has 1 saturated carbocycles. The summed E-state index contributed by atoms with van der Waals surface area (Å²) in [6.45, 7) is 1.44. The summed E-state index contributed by atoms with van der Waals surface area (Å²) in [6.07, 6.45) is 4.13. The van der Waals surface area contributed by atoms with Crippen molar-refractivity contribution in [3.63, 3.8) is 0 Å². The van der Waals surface area contributed by atoms with E-state index in [0.29, 0.717) is 12.5 Å². The lowest BCUT2D eigenvalue weighted by Crippen LogP contribution is -2.41. The van der Waals surface area contributed by atoms with Gasteiger partial charge < -0.3 is 14.6 Å². The first kappa shape index (κ1) is 14.3. The standard InChI is InChI=1S/C18H21N3O2/c1-23-14-7-3-6-13(10-14)17-19-15-8-9-21(11-16(15)20-17)18(22)12-4-2-5-12/h3,6-7,10,12H,2,4-5,8-9,11H2,1H3,(H,19,20). The summed E-state index contributed by atoms with van der Waals surface area (Å²) in [5, 5.41) is 0. The molecule has 23 heavy (non-hydrogen) atoms. The molecule has 1 fully saturated rings. The molecule has 5 heteroatoms. The third-order valence-corrected chi connectivity index (χ3v) is 4.94. The van der Waals surface area contributed by atoms with Crippen molar-refractivity contribution < 1.29 is 9.53 Å². The summed E-state index contributed by atoms with van der Waals surface area (Å²) in [4.78, 5) is 22.5. The Balaban J connectivity index is 1.56. The van der Waals surface area contributed by atoms with Gasteiger partial charge in [-0.15, -0.1) is 0 Å². The van der Waals surface area contributed by atoms with Crippen LogP contribution in [-0.2, 0) is 17.8 Å². The molecule has 120 valence electrons. The van der Waals surface area contributed by atoms with Crippen LogP contribution in [-0.4, -0.2) is 34.4 Å². The van der Waals surface area contributed by atoms with Gasteiger partial charge in [0.2, 0.25) is 5.91 Å². The number of H-pyrrole nitrogens is 1. The van der Waals surface area contributed by atoms with Crippen molar-refractivity contribution in [1.29, 1.82) is 0 Å². The highest BCUT2D eigenvalue weighted by atomic mass is 16.5. The molecule has 0 atom stereocenters. The van der Waals surface area contributed by atoms with Crippen LogP contribution in [0.15, 0.2) is 24.3 Å². The maximum Gasteiger partial charge on any atom is 0.226 e. The van der Waals surface area contributed by atoms with E-state index in [1.54, 1.807) is 7.11 Å². The van der Waals surface area contributed by atoms with Gasteiger partial charge in [0.25, 0.3) is 0 Å². The van der Waals surface area contributed by atoms with E-state index >= 15 is 0 Å². The van der Waals surface area contributed by atoms with E-state index in [1.165, 1.54) is 6.42 Å². The molecule has 2 heterocycles. The predicted molar refractivity (Wildman–Crippen MR) is 87.0 cm³/mol. The summed E-state index contributed by atoms with van der Waals surface area (Å²) in [7, 11) is 1.66. The van der Waals surface area contributed by atoms with Gasteiger partial charge in [-0.2, -0.15) is 0 Å². The molecule has 5 nitrogen and oxygen atoms in total. The molecule has 1 amide bonds. The summed E-state index contributed by atoms with van der Waals surface area (Å²) >= 11 is 0. The first-order valence-corrected chi connectivity index (χ1v) is 8.25. The molecule has 1 aromatic carbocycles. The van der Waals surface area contributed by atoms with E-state index in [4.69, 9.17) is 9.72 Å². The van der Waals surface area contributed by atoms with Crippen molar-refractivity contribution in [3.8, 4) is 17.1 Å². The minimum atomic E-state index is 0.261. The van der Waals surface area contributed by atoms with Crippen molar-refractivity contribution in [2.75, 3.05) is 13.7 Å². The van der Waals surface area contributed by atoms with Crippen LogP contribution >= 0.6 is 0 Å². The van der Waals surface area contributed by atoms with Gasteiger partial charge in [0.05, 0.1) is 25.0 Å². The number of rotatable bonds is 3. The number of ether oxygens (including phenoxy) is 1. The van der Waals surface area contributed by atoms with E-state index < -0.39 is 0 Å². The van der Waals surface area contributed by atoms with Gasteiger partial charge in [0.15, 0.2) is 0 Å². The van der Waals surface area contributed by atoms with E-state index in [9.17, 15) is 4.79 Å². The molecule has 1 aliphatic heterocycles. The molecule has 0 unspecified atom stereocenters. The predicted octanol–water partition coefficient (Wildman–Crippen LogP) is 2.77. The topological polar surface area (TPSA) is 58.2 Å². The summed E-state index contributed by atoms with van der Waals surface area (Å²) in [6, 6.07) is 7.87. The molecular weight excluding hydrogens is 290 g/mol. The van der Waals surface area contributed by atoms with Crippen LogP contribution < -0.4 is 4.74 Å². The number of aromatic nitrogens is 2. The number of benzene rings is 1. The van der Waals surface area contributed by atoms with Crippen molar-refractivity contribution in [2.45, 2.75) is 32.2 Å². The van der Waals surface area contributed by atoms with Crippen LogP contribution in [0.3, 0.4) is 0 Å². The highest BCUT2D eigenvalue weighted by Crippen LogP contribution is 2.31. The number of imidazole rings is 1. The Bertz CT molecular complexity index is 734. The number of aromatic amines is 1. The van der Waals surface area contributed by atoms with E-state index in [-0.39, 0.29) is 5.92 Å². The number of hydrogen-bond donors (Lipinski definition) is 1. The number of methoxy groups -OCH3 is 1. The lowest BCUT2D eigenvalue weighted by molar-refractivity contribution is -0.139. The van der Waals surface area contributed by atoms with Gasteiger partial charge in [-0.05, 0) is 25.0 Å². The van der Waals surface area contributed by atoms with Crippen LogP contribution in [0, 0.1) is 5.92 Å². The second kappa shape index (κ2) is 5.72. The lowest BCUT2D eigenvalue weighted by Gasteiger charge is -2.33. The van der Waals surface area contributed by atoms with Gasteiger partial charge in [-0.25, -0.2) is 4.98 Å². The van der Waals surface area contributed by atoms with Gasteiger partial charge in [-0.1, -0.05) is 18.6 Å². The average Bonchev–Trinajstić information content (AvgIpc) is 2.96. The number of amides is 1. The zero-order chi connectivity index (χ0) is 15.8. The first-order chi connectivity index (χ1) is 11.2. The third-order valence-electron chi connectivity index (χ3n) is 4.94. The minimum Gasteiger partial charge on any atom is -0.497 e. The van der Waals surface area contributed by atoms with Crippen molar-refractivity contribution in [2.24, 2.45) is 5.92 Å². The van der Waals surface area contributed by atoms with Crippen LogP contribution in [0.5, 0.6) is 5.75 Å². The van der Waals surface area contributed by atoms with Crippen molar-refractivity contribution in [1.82, 2.24) is 14.9 Å². The number of nitrogens with zero attached hydrogens (tertiary/aromatic N) is 2. The number of nitrogens with one attached hydrogen (secondary N) is 1. The zero-order valence-corrected chi connectivity index (χ0v) is 13.3. The second-order valence-corrected chi connectivity index (χ2v) is 6.38. The van der Waals surface area contributed by atoms with Gasteiger partial charge in [0.1, 0.15) is 11.6 Å². The van der Waals surface area contributed by atoms with Crippen LogP contribution in [0.25, 0.3) is 11.4 Å². The summed E-state index contributed by atoms with van der Waals surface area (Å²) in [5.74, 6) is 2.25. The largest absolute Gasteiger partial charge is 0.497 e. The first-order valence-electron chi connectivity index (χ1n) is 8.25. The Morgan fingerprint density at radius 3 is 3.00 bits per heavy atom. The third kappa shape index (κ3) is 2.60. The van der Waals surface area contributed by atoms with Gasteiger partial charge in [-0.3, -0.25) is 4.79 Å². The Morgan fingerprint density at radius 2 is 2.26 bits per heavy atom. The Hall–Kier alpha value is -2.30. The number of carbonyl (C=O) groups excluding carboxylic acids is 1. The highest BCUT2D eigenvalue weighted by Gasteiger charge is 2.32. The number of carbonyl (C=O) groups is 1. The van der Waals surface area contributed by atoms with Crippen molar-refractivity contribution >= 4 is 5.91 Å². The fourth-order valence-electron chi connectivity index (χ4n) is 3.30. The Morgan fingerprint density at radius 1 is 1.39 bits per heavy atom. The molecule has 2 aromatic rings. The summed E-state index contributed by atoms with van der Waals surface area (Å²) in [5.41, 5.74) is 3.16. The van der Waals surface area contributed by atoms with Gasteiger partial charge in [0, 0.05) is 24.4 Å². The zero-order valence-electron chi connectivity index (χ0n) is 13.3. The lowest BCUT2D eigenvalue weighted by atomic mass is 9.84. The number of fused-ring (bicyclic) bond motifs is 1. The van der Waals surface area contributed by atoms with E-state index in [0.717, 1.165) is 54.3 Å². The molecule has 0 saturated heterocycles. The Kier molecular flexibility index (Phi) is 3.56.